The topological polar surface area (TPSA) is 103 Å². The minimum Gasteiger partial charge on any atom is -0.350 e. The van der Waals surface area contributed by atoms with Gasteiger partial charge in [-0.25, -0.2) is 4.98 Å². The monoisotopic (exact) mass is 591 g/mol. The summed E-state index contributed by atoms with van der Waals surface area (Å²) in [6.07, 6.45) is 2.76. The second kappa shape index (κ2) is 16.8. The van der Waals surface area contributed by atoms with E-state index in [2.05, 4.69) is 46.5 Å². The first-order valence-corrected chi connectivity index (χ1v) is 15.8. The largest absolute Gasteiger partial charge is 0.350 e. The lowest BCUT2D eigenvalue weighted by Gasteiger charge is -2.24. The van der Waals surface area contributed by atoms with Gasteiger partial charge < -0.3 is 16.0 Å². The van der Waals surface area contributed by atoms with Gasteiger partial charge in [0.25, 0.3) is 0 Å². The van der Waals surface area contributed by atoms with Crippen molar-refractivity contribution >= 4 is 39.3 Å². The number of nitrogens with zero attached hydrogens (tertiary/aromatic N) is 2. The number of carbonyl (C=O) groups is 3. The van der Waals surface area contributed by atoms with Gasteiger partial charge in [-0.3, -0.25) is 19.3 Å². The third-order valence-electron chi connectivity index (χ3n) is 7.22. The summed E-state index contributed by atoms with van der Waals surface area (Å²) < 4.78 is 1.07. The normalized spacial score (nSPS) is 12.6. The maximum Gasteiger partial charge on any atom is 0.247 e. The molecule has 0 bridgehead atoms. The molecule has 226 valence electrons. The molecule has 1 aromatic heterocycles. The molecule has 3 rings (SSSR count). The Kier molecular flexibility index (Phi) is 13.2. The summed E-state index contributed by atoms with van der Waals surface area (Å²) >= 11 is 1.55. The van der Waals surface area contributed by atoms with Crippen molar-refractivity contribution in [3.05, 3.63) is 76.8 Å². The van der Waals surface area contributed by atoms with Gasteiger partial charge >= 0.3 is 0 Å². The minimum atomic E-state index is -0.790. The van der Waals surface area contributed by atoms with Crippen LogP contribution in [0.1, 0.15) is 56.7 Å². The van der Waals surface area contributed by atoms with E-state index in [0.717, 1.165) is 40.3 Å². The van der Waals surface area contributed by atoms with Crippen molar-refractivity contribution in [1.82, 2.24) is 25.8 Å². The fourth-order valence-electron chi connectivity index (χ4n) is 4.71. The first kappa shape index (κ1) is 32.9. The highest BCUT2D eigenvalue weighted by Gasteiger charge is 2.26. The first-order valence-electron chi connectivity index (χ1n) is 15.0. The second-order valence-corrected chi connectivity index (χ2v) is 11.6. The molecule has 0 saturated heterocycles. The third kappa shape index (κ3) is 10.1. The van der Waals surface area contributed by atoms with Crippen molar-refractivity contribution in [3.63, 3.8) is 0 Å². The highest BCUT2D eigenvalue weighted by atomic mass is 32.1. The molecule has 2 atom stereocenters. The molecular formula is C33H45N5O3S. The van der Waals surface area contributed by atoms with Crippen LogP contribution in [0.25, 0.3) is 10.2 Å². The number of hydrogen-bond acceptors (Lipinski definition) is 6. The molecule has 1 heterocycles. The number of nitrogens with one attached hydrogen (secondary N) is 3. The molecule has 8 nitrogen and oxygen atoms in total. The van der Waals surface area contributed by atoms with E-state index < -0.39 is 12.1 Å². The Labute approximate surface area is 254 Å². The summed E-state index contributed by atoms with van der Waals surface area (Å²) in [4.78, 5) is 46.1. The lowest BCUT2D eigenvalue weighted by atomic mass is 10.0. The number of aromatic nitrogens is 1. The predicted octanol–water partition coefficient (Wildman–Crippen LogP) is 4.43. The van der Waals surface area contributed by atoms with Crippen molar-refractivity contribution < 1.29 is 14.4 Å². The van der Waals surface area contributed by atoms with Crippen LogP contribution >= 0.6 is 11.3 Å². The number of aryl methyl sites for hydroxylation is 1. The average molecular weight is 592 g/mol. The summed E-state index contributed by atoms with van der Waals surface area (Å²) in [5.74, 6) is -0.708. The summed E-state index contributed by atoms with van der Waals surface area (Å²) in [5.41, 5.74) is 3.63. The maximum atomic E-state index is 13.7. The molecular weight excluding hydrogens is 546 g/mol. The zero-order chi connectivity index (χ0) is 30.5. The van der Waals surface area contributed by atoms with Gasteiger partial charge in [-0.15, -0.1) is 11.3 Å². The quantitative estimate of drug-likeness (QED) is 0.202. The Morgan fingerprint density at radius 2 is 1.69 bits per heavy atom. The molecule has 0 saturated carbocycles. The van der Waals surface area contributed by atoms with Gasteiger partial charge in [0.2, 0.25) is 17.7 Å². The van der Waals surface area contributed by atoms with Gasteiger partial charge in [0.05, 0.1) is 21.3 Å². The summed E-state index contributed by atoms with van der Waals surface area (Å²) in [6, 6.07) is 14.8. The van der Waals surface area contributed by atoms with Crippen LogP contribution in [0, 0.1) is 0 Å². The van der Waals surface area contributed by atoms with Crippen LogP contribution < -0.4 is 16.0 Å². The number of thiazole rings is 1. The van der Waals surface area contributed by atoms with Crippen LogP contribution in [0.4, 0.5) is 0 Å². The van der Waals surface area contributed by atoms with Gasteiger partial charge in [-0.1, -0.05) is 70.7 Å². The van der Waals surface area contributed by atoms with E-state index in [-0.39, 0.29) is 30.7 Å². The molecule has 3 aromatic rings. The van der Waals surface area contributed by atoms with E-state index in [1.54, 1.807) is 11.3 Å². The Balaban J connectivity index is 1.77. The zero-order valence-corrected chi connectivity index (χ0v) is 26.2. The summed E-state index contributed by atoms with van der Waals surface area (Å²) in [7, 11) is 0. The highest BCUT2D eigenvalue weighted by Crippen LogP contribution is 2.24. The smallest absolute Gasteiger partial charge is 0.247 e. The lowest BCUT2D eigenvalue weighted by molar-refractivity contribution is -0.129. The molecule has 1 unspecified atom stereocenters. The standard InChI is InChI=1S/C33H45N5O3S/c1-6-13-30(39)36-28(20-31-37-27-17-16-24(7-2)19-29(27)42-31)33(41)35-26(18-25-14-11-10-12-15-25)21-34-32(40)23(5)22-38(8-3)9-4/h10-12,14-17,19,26,28H,5-9,13,18,20-22H2,1-4H3,(H,34,40)(H,35,41)(H,36,39)/t26?,28-/m0/s1. The van der Waals surface area contributed by atoms with Crippen LogP contribution in [-0.2, 0) is 33.6 Å². The van der Waals surface area contributed by atoms with Crippen molar-refractivity contribution in [2.24, 2.45) is 0 Å². The lowest BCUT2D eigenvalue weighted by Crippen LogP contribution is -2.53. The first-order chi connectivity index (χ1) is 20.3. The Morgan fingerprint density at radius 3 is 2.36 bits per heavy atom. The minimum absolute atomic E-state index is 0.173. The third-order valence-corrected chi connectivity index (χ3v) is 8.26. The van der Waals surface area contributed by atoms with E-state index in [1.165, 1.54) is 5.56 Å². The molecule has 0 aliphatic rings. The van der Waals surface area contributed by atoms with E-state index in [1.807, 2.05) is 57.2 Å². The van der Waals surface area contributed by atoms with Crippen molar-refractivity contribution in [2.75, 3.05) is 26.2 Å². The number of likely N-dealkylation sites (N-methyl/N-ethyl adjacent to an activating group) is 1. The molecule has 0 aliphatic heterocycles. The van der Waals surface area contributed by atoms with Crippen LogP contribution in [-0.4, -0.2) is 65.9 Å². The van der Waals surface area contributed by atoms with Crippen molar-refractivity contribution in [1.29, 1.82) is 0 Å². The molecule has 2 aromatic carbocycles. The molecule has 42 heavy (non-hydrogen) atoms. The summed E-state index contributed by atoms with van der Waals surface area (Å²) in [6.45, 7) is 14.5. The number of fused-ring (bicyclic) bond motifs is 1. The number of carbonyl (C=O) groups excluding carboxylic acids is 3. The Hall–Kier alpha value is -3.56. The number of rotatable bonds is 17. The van der Waals surface area contributed by atoms with E-state index in [9.17, 15) is 14.4 Å². The average Bonchev–Trinajstić information content (AvgIpc) is 3.40. The predicted molar refractivity (Wildman–Crippen MR) is 172 cm³/mol. The molecule has 9 heteroatoms. The van der Waals surface area contributed by atoms with Crippen LogP contribution in [0.2, 0.25) is 0 Å². The maximum absolute atomic E-state index is 13.7. The van der Waals surface area contributed by atoms with Gasteiger partial charge in [-0.2, -0.15) is 0 Å². The van der Waals surface area contributed by atoms with Gasteiger partial charge in [0, 0.05) is 31.5 Å². The fraction of sp³-hybridized carbons (Fsp3) is 0.455. The molecule has 0 fully saturated rings. The molecule has 3 amide bonds. The SMILES string of the molecule is C=C(CN(CC)CC)C(=O)NCC(Cc1ccccc1)NC(=O)[C@H](Cc1nc2ccc(CC)cc2s1)NC(=O)CCC. The van der Waals surface area contributed by atoms with Crippen LogP contribution in [0.3, 0.4) is 0 Å². The highest BCUT2D eigenvalue weighted by molar-refractivity contribution is 7.18. The zero-order valence-electron chi connectivity index (χ0n) is 25.4. The van der Waals surface area contributed by atoms with Crippen LogP contribution in [0.5, 0.6) is 0 Å². The number of benzene rings is 2. The van der Waals surface area contributed by atoms with Crippen molar-refractivity contribution in [2.45, 2.75) is 71.9 Å². The Morgan fingerprint density at radius 1 is 0.952 bits per heavy atom. The van der Waals surface area contributed by atoms with E-state index in [4.69, 9.17) is 4.98 Å². The molecule has 0 radical (unpaired) electrons. The number of hydrogen-bond donors (Lipinski definition) is 3. The number of amides is 3. The van der Waals surface area contributed by atoms with Crippen LogP contribution in [0.15, 0.2) is 60.7 Å². The van der Waals surface area contributed by atoms with Crippen molar-refractivity contribution in [3.8, 4) is 0 Å². The Bertz CT molecular complexity index is 1340. The fourth-order valence-corrected chi connectivity index (χ4v) is 5.78. The second-order valence-electron chi connectivity index (χ2n) is 10.5. The van der Waals surface area contributed by atoms with E-state index >= 15 is 0 Å². The van der Waals surface area contributed by atoms with Gasteiger partial charge in [-0.05, 0) is 55.6 Å². The summed E-state index contributed by atoms with van der Waals surface area (Å²) in [5, 5.41) is 9.79. The molecule has 0 aliphatic carbocycles. The molecule has 0 spiro atoms. The van der Waals surface area contributed by atoms with Gasteiger partial charge in [0.1, 0.15) is 6.04 Å². The van der Waals surface area contributed by atoms with E-state index in [0.29, 0.717) is 31.4 Å². The molecule has 3 N–H and O–H groups in total. The van der Waals surface area contributed by atoms with Gasteiger partial charge in [0.15, 0.2) is 0 Å².